The Morgan fingerprint density at radius 3 is 2.56 bits per heavy atom. The van der Waals surface area contributed by atoms with Gasteiger partial charge in [0.25, 0.3) is 0 Å². The van der Waals surface area contributed by atoms with Crippen molar-refractivity contribution in [2.24, 2.45) is 0 Å². The summed E-state index contributed by atoms with van der Waals surface area (Å²) in [7, 11) is 0. The molecule has 0 amide bonds. The summed E-state index contributed by atoms with van der Waals surface area (Å²) in [5, 5.41) is 12.4. The zero-order valence-electron chi connectivity index (χ0n) is 10.7. The van der Waals surface area contributed by atoms with Gasteiger partial charge < -0.3 is 5.32 Å². The Morgan fingerprint density at radius 1 is 1.38 bits per heavy atom. The molecule has 0 bridgehead atoms. The summed E-state index contributed by atoms with van der Waals surface area (Å²) in [5.41, 5.74) is 0. The number of rotatable bonds is 7. The van der Waals surface area contributed by atoms with Crippen LogP contribution in [-0.4, -0.2) is 36.6 Å². The molecule has 1 unspecified atom stereocenters. The maximum Gasteiger partial charge on any atom is 0.108 e. The average Bonchev–Trinajstić information content (AvgIpc) is 2.83. The van der Waals surface area contributed by atoms with E-state index in [-0.39, 0.29) is 6.04 Å². The Bertz CT molecular complexity index is 216. The first kappa shape index (κ1) is 13.5. The van der Waals surface area contributed by atoms with Gasteiger partial charge in [0.1, 0.15) is 6.04 Å². The topological polar surface area (TPSA) is 39.1 Å². The van der Waals surface area contributed by atoms with Gasteiger partial charge in [-0.2, -0.15) is 5.26 Å². The van der Waals surface area contributed by atoms with E-state index < -0.39 is 0 Å². The lowest BCUT2D eigenvalue weighted by Gasteiger charge is -2.29. The van der Waals surface area contributed by atoms with Crippen LogP contribution in [-0.2, 0) is 0 Å². The van der Waals surface area contributed by atoms with Crippen LogP contribution in [0.1, 0.15) is 46.0 Å². The molecule has 0 aromatic rings. The van der Waals surface area contributed by atoms with E-state index in [9.17, 15) is 0 Å². The molecule has 0 aliphatic heterocycles. The van der Waals surface area contributed by atoms with Gasteiger partial charge in [-0.25, -0.2) is 0 Å². The van der Waals surface area contributed by atoms with Crippen molar-refractivity contribution < 1.29 is 0 Å². The zero-order valence-corrected chi connectivity index (χ0v) is 10.7. The Morgan fingerprint density at radius 2 is 2.06 bits per heavy atom. The van der Waals surface area contributed by atoms with Gasteiger partial charge in [-0.15, -0.1) is 0 Å². The summed E-state index contributed by atoms with van der Waals surface area (Å²) >= 11 is 0. The highest BCUT2D eigenvalue weighted by Crippen LogP contribution is 2.23. The van der Waals surface area contributed by atoms with E-state index in [0.717, 1.165) is 32.1 Å². The first-order valence-electron chi connectivity index (χ1n) is 6.68. The summed E-state index contributed by atoms with van der Waals surface area (Å²) in [6.45, 7) is 7.23. The number of likely N-dealkylation sites (N-methyl/N-ethyl adjacent to an activating group) is 1. The van der Waals surface area contributed by atoms with Gasteiger partial charge in [-0.1, -0.05) is 26.7 Å². The zero-order chi connectivity index (χ0) is 11.8. The second-order valence-electron chi connectivity index (χ2n) is 4.66. The van der Waals surface area contributed by atoms with Gasteiger partial charge in [-0.05, 0) is 32.4 Å². The Hall–Kier alpha value is -0.590. The number of nitrogens with zero attached hydrogens (tertiary/aromatic N) is 2. The fraction of sp³-hybridized carbons (Fsp3) is 0.923. The Kier molecular flexibility index (Phi) is 6.44. The first-order valence-corrected chi connectivity index (χ1v) is 6.68. The predicted molar refractivity (Wildman–Crippen MR) is 67.2 cm³/mol. The summed E-state index contributed by atoms with van der Waals surface area (Å²) in [4.78, 5) is 2.48. The molecule has 1 aliphatic carbocycles. The molecule has 0 saturated heterocycles. The summed E-state index contributed by atoms with van der Waals surface area (Å²) in [6, 6.07) is 3.10. The van der Waals surface area contributed by atoms with Crippen LogP contribution in [0.4, 0.5) is 0 Å². The minimum Gasteiger partial charge on any atom is -0.301 e. The van der Waals surface area contributed by atoms with Crippen LogP contribution in [0.15, 0.2) is 0 Å². The minimum absolute atomic E-state index is 0.000463. The molecule has 3 nitrogen and oxygen atoms in total. The standard InChI is InChI=1S/C13H25N3/c1-3-9-15-12(10-14)11-16(4-2)13-7-5-6-8-13/h12-13,15H,3-9,11H2,1-2H3. The highest BCUT2D eigenvalue weighted by atomic mass is 15.2. The lowest BCUT2D eigenvalue weighted by Crippen LogP contribution is -2.44. The summed E-state index contributed by atoms with van der Waals surface area (Å²) in [5.74, 6) is 0. The fourth-order valence-electron chi connectivity index (χ4n) is 2.51. The molecule has 0 radical (unpaired) electrons. The van der Waals surface area contributed by atoms with Gasteiger partial charge in [-0.3, -0.25) is 4.90 Å². The van der Waals surface area contributed by atoms with Gasteiger partial charge in [0, 0.05) is 12.6 Å². The van der Waals surface area contributed by atoms with E-state index in [2.05, 4.69) is 30.1 Å². The maximum atomic E-state index is 9.10. The van der Waals surface area contributed by atoms with E-state index in [1.807, 2.05) is 0 Å². The molecular formula is C13H25N3. The molecule has 1 atom stereocenters. The van der Waals surface area contributed by atoms with Crippen molar-refractivity contribution in [2.45, 2.75) is 58.0 Å². The van der Waals surface area contributed by atoms with Crippen molar-refractivity contribution in [3.05, 3.63) is 0 Å². The second-order valence-corrected chi connectivity index (χ2v) is 4.66. The SMILES string of the molecule is CCCNC(C#N)CN(CC)C1CCCC1. The molecular weight excluding hydrogens is 198 g/mol. The predicted octanol–water partition coefficient (Wildman–Crippen LogP) is 2.14. The smallest absolute Gasteiger partial charge is 0.108 e. The van der Waals surface area contributed by atoms with E-state index in [1.165, 1.54) is 25.7 Å². The van der Waals surface area contributed by atoms with Crippen LogP contribution in [0, 0.1) is 11.3 Å². The molecule has 0 heterocycles. The largest absolute Gasteiger partial charge is 0.301 e. The molecule has 16 heavy (non-hydrogen) atoms. The summed E-state index contributed by atoms with van der Waals surface area (Å²) < 4.78 is 0. The van der Waals surface area contributed by atoms with E-state index in [1.54, 1.807) is 0 Å². The van der Waals surface area contributed by atoms with Crippen LogP contribution >= 0.6 is 0 Å². The average molecular weight is 223 g/mol. The van der Waals surface area contributed by atoms with Gasteiger partial charge in [0.15, 0.2) is 0 Å². The second kappa shape index (κ2) is 7.65. The third-order valence-electron chi connectivity index (χ3n) is 3.46. The van der Waals surface area contributed by atoms with Crippen molar-refractivity contribution in [1.29, 1.82) is 5.26 Å². The number of nitrogens with one attached hydrogen (secondary N) is 1. The van der Waals surface area contributed by atoms with Crippen LogP contribution in [0.2, 0.25) is 0 Å². The molecule has 1 rings (SSSR count). The quantitative estimate of drug-likeness (QED) is 0.719. The third kappa shape index (κ3) is 4.11. The Balaban J connectivity index is 2.37. The van der Waals surface area contributed by atoms with E-state index >= 15 is 0 Å². The molecule has 1 fully saturated rings. The van der Waals surface area contributed by atoms with Crippen molar-refractivity contribution >= 4 is 0 Å². The monoisotopic (exact) mass is 223 g/mol. The van der Waals surface area contributed by atoms with Crippen molar-refractivity contribution in [3.63, 3.8) is 0 Å². The molecule has 0 aromatic heterocycles. The third-order valence-corrected chi connectivity index (χ3v) is 3.46. The first-order chi connectivity index (χ1) is 7.81. The lowest BCUT2D eigenvalue weighted by molar-refractivity contribution is 0.198. The van der Waals surface area contributed by atoms with Crippen LogP contribution in [0.5, 0.6) is 0 Å². The van der Waals surface area contributed by atoms with Gasteiger partial charge >= 0.3 is 0 Å². The Labute approximate surface area is 99.8 Å². The van der Waals surface area contributed by atoms with Gasteiger partial charge in [0.05, 0.1) is 6.07 Å². The molecule has 0 spiro atoms. The molecule has 1 N–H and O–H groups in total. The molecule has 3 heteroatoms. The normalized spacial score (nSPS) is 18.9. The van der Waals surface area contributed by atoms with Crippen molar-refractivity contribution in [2.75, 3.05) is 19.6 Å². The highest BCUT2D eigenvalue weighted by Gasteiger charge is 2.23. The molecule has 1 saturated carbocycles. The van der Waals surface area contributed by atoms with E-state index in [0.29, 0.717) is 0 Å². The van der Waals surface area contributed by atoms with Crippen molar-refractivity contribution in [3.8, 4) is 6.07 Å². The van der Waals surface area contributed by atoms with Crippen LogP contribution in [0.3, 0.4) is 0 Å². The maximum absolute atomic E-state index is 9.10. The van der Waals surface area contributed by atoms with Crippen LogP contribution < -0.4 is 5.32 Å². The lowest BCUT2D eigenvalue weighted by atomic mass is 10.2. The van der Waals surface area contributed by atoms with Crippen LogP contribution in [0.25, 0.3) is 0 Å². The molecule has 0 aromatic carbocycles. The highest BCUT2D eigenvalue weighted by molar-refractivity contribution is 4.93. The van der Waals surface area contributed by atoms with Crippen molar-refractivity contribution in [1.82, 2.24) is 10.2 Å². The number of hydrogen-bond acceptors (Lipinski definition) is 3. The van der Waals surface area contributed by atoms with E-state index in [4.69, 9.17) is 5.26 Å². The number of nitriles is 1. The summed E-state index contributed by atoms with van der Waals surface area (Å²) in [6.07, 6.45) is 6.45. The fourth-order valence-corrected chi connectivity index (χ4v) is 2.51. The van der Waals surface area contributed by atoms with Gasteiger partial charge in [0.2, 0.25) is 0 Å². The number of hydrogen-bond donors (Lipinski definition) is 1. The molecule has 92 valence electrons. The molecule has 1 aliphatic rings. The minimum atomic E-state index is 0.000463.